The minimum atomic E-state index is -0.00273. The Morgan fingerprint density at radius 3 is 2.25 bits per heavy atom. The van der Waals surface area contributed by atoms with Gasteiger partial charge in [-0.05, 0) is 24.8 Å². The zero-order chi connectivity index (χ0) is 13.0. The molecular formula is C14H29NO. The van der Waals surface area contributed by atoms with E-state index < -0.39 is 0 Å². The van der Waals surface area contributed by atoms with E-state index in [9.17, 15) is 0 Å². The third kappa shape index (κ3) is 8.54. The van der Waals surface area contributed by atoms with Gasteiger partial charge in [0, 0.05) is 0 Å². The highest BCUT2D eigenvalue weighted by atomic mass is 16.5. The van der Waals surface area contributed by atoms with Crippen molar-refractivity contribution in [2.24, 2.45) is 11.7 Å². The van der Waals surface area contributed by atoms with Crippen molar-refractivity contribution in [2.45, 2.75) is 59.9 Å². The summed E-state index contributed by atoms with van der Waals surface area (Å²) in [7, 11) is 0. The lowest BCUT2D eigenvalue weighted by Gasteiger charge is -2.14. The van der Waals surface area contributed by atoms with Gasteiger partial charge in [0.25, 0.3) is 0 Å². The van der Waals surface area contributed by atoms with Crippen molar-refractivity contribution < 1.29 is 4.74 Å². The Morgan fingerprint density at radius 2 is 1.88 bits per heavy atom. The maximum atomic E-state index is 5.89. The lowest BCUT2D eigenvalue weighted by Crippen LogP contribution is -2.22. The smallest absolute Gasteiger partial charge is 0.116 e. The van der Waals surface area contributed by atoms with Crippen LogP contribution < -0.4 is 5.73 Å². The standard InChI is InChI=1S/C12H23NO.C2H6/c1-5-10(4)8-9-12(14-7-3)11(13)6-2;1-2/h7,9-11H,3,5-6,8,13H2,1-2,4H3;1-2H3/b12-9-;/t10?,11-;/m1./s1. The van der Waals surface area contributed by atoms with E-state index in [4.69, 9.17) is 10.5 Å². The monoisotopic (exact) mass is 227 g/mol. The molecule has 0 aromatic carbocycles. The maximum absolute atomic E-state index is 5.89. The van der Waals surface area contributed by atoms with Gasteiger partial charge in [-0.2, -0.15) is 0 Å². The summed E-state index contributed by atoms with van der Waals surface area (Å²) in [4.78, 5) is 0. The largest absolute Gasteiger partial charge is 0.469 e. The van der Waals surface area contributed by atoms with Crippen LogP contribution in [0.3, 0.4) is 0 Å². The summed E-state index contributed by atoms with van der Waals surface area (Å²) < 4.78 is 5.29. The molecule has 16 heavy (non-hydrogen) atoms. The molecule has 0 radical (unpaired) electrons. The first-order chi connectivity index (χ1) is 7.65. The molecule has 0 heterocycles. The number of nitrogens with two attached hydrogens (primary N) is 1. The van der Waals surface area contributed by atoms with Crippen LogP contribution in [0.25, 0.3) is 0 Å². The van der Waals surface area contributed by atoms with E-state index in [1.165, 1.54) is 12.7 Å². The molecule has 1 unspecified atom stereocenters. The van der Waals surface area contributed by atoms with E-state index in [-0.39, 0.29) is 6.04 Å². The van der Waals surface area contributed by atoms with E-state index >= 15 is 0 Å². The maximum Gasteiger partial charge on any atom is 0.116 e. The second kappa shape index (κ2) is 12.3. The summed E-state index contributed by atoms with van der Waals surface area (Å²) >= 11 is 0. The van der Waals surface area contributed by atoms with E-state index in [1.807, 2.05) is 20.8 Å². The van der Waals surface area contributed by atoms with Crippen LogP contribution in [0.2, 0.25) is 0 Å². The van der Waals surface area contributed by atoms with Gasteiger partial charge in [-0.1, -0.05) is 47.6 Å². The summed E-state index contributed by atoms with van der Waals surface area (Å²) in [6.07, 6.45) is 6.62. The van der Waals surface area contributed by atoms with Gasteiger partial charge in [-0.25, -0.2) is 0 Å². The van der Waals surface area contributed by atoms with Crippen molar-refractivity contribution >= 4 is 0 Å². The van der Waals surface area contributed by atoms with Crippen molar-refractivity contribution in [1.29, 1.82) is 0 Å². The molecule has 0 amide bonds. The second-order valence-electron chi connectivity index (χ2n) is 3.65. The molecule has 0 aromatic heterocycles. The topological polar surface area (TPSA) is 35.2 Å². The summed E-state index contributed by atoms with van der Waals surface area (Å²) in [6.45, 7) is 14.0. The van der Waals surface area contributed by atoms with Crippen LogP contribution in [0.5, 0.6) is 0 Å². The minimum Gasteiger partial charge on any atom is -0.469 e. The first-order valence-corrected chi connectivity index (χ1v) is 6.38. The Hall–Kier alpha value is -0.760. The van der Waals surface area contributed by atoms with Crippen molar-refractivity contribution in [1.82, 2.24) is 0 Å². The predicted octanol–water partition coefficient (Wildman–Crippen LogP) is 4.23. The molecule has 0 fully saturated rings. The fourth-order valence-electron chi connectivity index (χ4n) is 1.07. The van der Waals surface area contributed by atoms with Crippen molar-refractivity contribution in [2.75, 3.05) is 0 Å². The number of ether oxygens (including phenoxy) is 1. The van der Waals surface area contributed by atoms with Crippen molar-refractivity contribution in [3.05, 3.63) is 24.7 Å². The van der Waals surface area contributed by atoms with Gasteiger partial charge in [-0.3, -0.25) is 0 Å². The van der Waals surface area contributed by atoms with Crippen molar-refractivity contribution in [3.8, 4) is 0 Å². The molecular weight excluding hydrogens is 198 g/mol. The zero-order valence-corrected chi connectivity index (χ0v) is 11.6. The summed E-state index contributed by atoms with van der Waals surface area (Å²) in [6, 6.07) is -0.00273. The number of rotatable bonds is 7. The fraction of sp³-hybridized carbons (Fsp3) is 0.714. The number of hydrogen-bond acceptors (Lipinski definition) is 2. The van der Waals surface area contributed by atoms with Crippen LogP contribution >= 0.6 is 0 Å². The van der Waals surface area contributed by atoms with Gasteiger partial charge >= 0.3 is 0 Å². The molecule has 2 atom stereocenters. The fourth-order valence-corrected chi connectivity index (χ4v) is 1.07. The van der Waals surface area contributed by atoms with Crippen LogP contribution in [0.1, 0.15) is 53.9 Å². The molecule has 0 saturated carbocycles. The average molecular weight is 227 g/mol. The lowest BCUT2D eigenvalue weighted by atomic mass is 10.0. The summed E-state index contributed by atoms with van der Waals surface area (Å²) in [5.74, 6) is 1.53. The highest BCUT2D eigenvalue weighted by molar-refractivity contribution is 5.03. The second-order valence-corrected chi connectivity index (χ2v) is 3.65. The molecule has 0 aliphatic carbocycles. The number of allylic oxidation sites excluding steroid dienone is 1. The normalized spacial score (nSPS) is 14.5. The Labute approximate surface area is 102 Å². The van der Waals surface area contributed by atoms with E-state index in [0.29, 0.717) is 5.92 Å². The van der Waals surface area contributed by atoms with Crippen LogP contribution in [0.15, 0.2) is 24.7 Å². The molecule has 0 aliphatic rings. The first kappa shape index (κ1) is 17.6. The molecule has 96 valence electrons. The zero-order valence-electron chi connectivity index (χ0n) is 11.6. The molecule has 2 nitrogen and oxygen atoms in total. The van der Waals surface area contributed by atoms with Crippen molar-refractivity contribution in [3.63, 3.8) is 0 Å². The lowest BCUT2D eigenvalue weighted by molar-refractivity contribution is 0.312. The third-order valence-corrected chi connectivity index (χ3v) is 2.44. The van der Waals surface area contributed by atoms with E-state index in [2.05, 4.69) is 26.5 Å². The Balaban J connectivity index is 0. The quantitative estimate of drug-likeness (QED) is 0.661. The predicted molar refractivity (Wildman–Crippen MR) is 73.1 cm³/mol. The van der Waals surface area contributed by atoms with E-state index in [0.717, 1.165) is 18.6 Å². The van der Waals surface area contributed by atoms with Crippen LogP contribution in [0, 0.1) is 5.92 Å². The molecule has 0 spiro atoms. The highest BCUT2D eigenvalue weighted by Gasteiger charge is 2.07. The average Bonchev–Trinajstić information content (AvgIpc) is 2.35. The SMILES string of the molecule is C=CO/C(=C\CC(C)CC)[C@H](N)CC.CC. The van der Waals surface area contributed by atoms with Gasteiger partial charge in [0.2, 0.25) is 0 Å². The molecule has 2 heteroatoms. The first-order valence-electron chi connectivity index (χ1n) is 6.38. The molecule has 2 N–H and O–H groups in total. The van der Waals surface area contributed by atoms with Gasteiger partial charge < -0.3 is 10.5 Å². The van der Waals surface area contributed by atoms with Gasteiger partial charge in [0.15, 0.2) is 0 Å². The third-order valence-electron chi connectivity index (χ3n) is 2.44. The molecule has 0 saturated heterocycles. The Morgan fingerprint density at radius 1 is 1.31 bits per heavy atom. The summed E-state index contributed by atoms with van der Waals surface area (Å²) in [5, 5.41) is 0. The number of hydrogen-bond donors (Lipinski definition) is 1. The Kier molecular flexibility index (Phi) is 13.6. The van der Waals surface area contributed by atoms with Crippen LogP contribution in [-0.4, -0.2) is 6.04 Å². The molecule has 0 rings (SSSR count). The van der Waals surface area contributed by atoms with Gasteiger partial charge in [-0.15, -0.1) is 0 Å². The summed E-state index contributed by atoms with van der Waals surface area (Å²) in [5.41, 5.74) is 5.89. The van der Waals surface area contributed by atoms with Gasteiger partial charge in [0.1, 0.15) is 5.76 Å². The van der Waals surface area contributed by atoms with E-state index in [1.54, 1.807) is 0 Å². The molecule has 0 aliphatic heterocycles. The van der Waals surface area contributed by atoms with Crippen LogP contribution in [-0.2, 0) is 4.74 Å². The minimum absolute atomic E-state index is 0.00273. The van der Waals surface area contributed by atoms with Crippen LogP contribution in [0.4, 0.5) is 0 Å². The molecule has 0 bridgehead atoms. The molecule has 0 aromatic rings. The highest BCUT2D eigenvalue weighted by Crippen LogP contribution is 2.13. The van der Waals surface area contributed by atoms with Gasteiger partial charge in [0.05, 0.1) is 12.3 Å². The Bertz CT molecular complexity index is 187.